The first-order valence-corrected chi connectivity index (χ1v) is 38.9. The van der Waals surface area contributed by atoms with Crippen LogP contribution in [0.2, 0.25) is 0 Å². The summed E-state index contributed by atoms with van der Waals surface area (Å²) in [6.45, 7) is 1.58. The van der Waals surface area contributed by atoms with Gasteiger partial charge in [-0.1, -0.05) is 263 Å². The molecular formula is C82H137NO18. The van der Waals surface area contributed by atoms with Crippen molar-refractivity contribution >= 4 is 5.91 Å². The van der Waals surface area contributed by atoms with Crippen molar-refractivity contribution in [3.8, 4) is 0 Å². The summed E-state index contributed by atoms with van der Waals surface area (Å²) in [5.74, 6) is -0.309. The number of amides is 1. The van der Waals surface area contributed by atoms with E-state index in [0.717, 1.165) is 116 Å². The van der Waals surface area contributed by atoms with Crippen LogP contribution in [0.1, 0.15) is 245 Å². The molecule has 0 radical (unpaired) electrons. The van der Waals surface area contributed by atoms with Crippen LogP contribution in [0.25, 0.3) is 0 Å². The summed E-state index contributed by atoms with van der Waals surface area (Å²) in [5.41, 5.74) is 0. The summed E-state index contributed by atoms with van der Waals surface area (Å²) >= 11 is 0. The van der Waals surface area contributed by atoms with Gasteiger partial charge in [0.25, 0.3) is 0 Å². The number of hydrogen-bond donors (Lipinski definition) is 12. The Kier molecular flexibility index (Phi) is 55.2. The van der Waals surface area contributed by atoms with E-state index in [4.69, 9.17) is 28.4 Å². The van der Waals surface area contributed by atoms with E-state index in [9.17, 15) is 61.0 Å². The van der Waals surface area contributed by atoms with Crippen LogP contribution in [0.3, 0.4) is 0 Å². The zero-order valence-electron chi connectivity index (χ0n) is 61.6. The zero-order valence-corrected chi connectivity index (χ0v) is 61.6. The second-order valence-corrected chi connectivity index (χ2v) is 27.1. The fourth-order valence-corrected chi connectivity index (χ4v) is 12.2. The Morgan fingerprint density at radius 1 is 0.366 bits per heavy atom. The summed E-state index contributed by atoms with van der Waals surface area (Å²) < 4.78 is 34.4. The molecule has 3 aliphatic heterocycles. The van der Waals surface area contributed by atoms with Gasteiger partial charge in [0.15, 0.2) is 18.9 Å². The van der Waals surface area contributed by atoms with Crippen LogP contribution in [-0.2, 0) is 33.2 Å². The molecule has 3 saturated heterocycles. The van der Waals surface area contributed by atoms with Gasteiger partial charge in [-0.15, -0.1) is 0 Å². The Bertz CT molecular complexity index is 2350. The van der Waals surface area contributed by atoms with Gasteiger partial charge in [-0.3, -0.25) is 4.79 Å². The summed E-state index contributed by atoms with van der Waals surface area (Å²) in [5, 5.41) is 121. The first kappa shape index (κ1) is 91.1. The lowest BCUT2D eigenvalue weighted by atomic mass is 9.96. The minimum Gasteiger partial charge on any atom is -0.394 e. The third-order valence-electron chi connectivity index (χ3n) is 18.4. The lowest BCUT2D eigenvalue weighted by Gasteiger charge is -2.48. The average Bonchev–Trinajstić information content (AvgIpc) is 0.792. The van der Waals surface area contributed by atoms with Crippen molar-refractivity contribution in [2.24, 2.45) is 0 Å². The van der Waals surface area contributed by atoms with Gasteiger partial charge in [0.1, 0.15) is 73.2 Å². The van der Waals surface area contributed by atoms with Crippen LogP contribution in [0.5, 0.6) is 0 Å². The number of unbranched alkanes of at least 4 members (excludes halogenated alkanes) is 23. The van der Waals surface area contributed by atoms with Gasteiger partial charge in [0.05, 0.1) is 38.6 Å². The summed E-state index contributed by atoms with van der Waals surface area (Å²) in [7, 11) is 0. The first-order chi connectivity index (χ1) is 49.3. The Hall–Kier alpha value is -4.07. The fourth-order valence-electron chi connectivity index (χ4n) is 12.2. The molecule has 3 heterocycles. The predicted octanol–water partition coefficient (Wildman–Crippen LogP) is 12.5. The van der Waals surface area contributed by atoms with Crippen molar-refractivity contribution < 1.29 is 89.4 Å². The summed E-state index contributed by atoms with van der Waals surface area (Å²) in [6, 6.07) is -1.02. The van der Waals surface area contributed by atoms with Crippen molar-refractivity contribution in [2.45, 2.75) is 349 Å². The third kappa shape index (κ3) is 41.4. The number of rotatable bonds is 59. The Morgan fingerprint density at radius 3 is 1.11 bits per heavy atom. The molecule has 0 aromatic heterocycles. The molecule has 3 rings (SSSR count). The maximum atomic E-state index is 13.5. The maximum absolute atomic E-state index is 13.5. The molecule has 3 fully saturated rings. The largest absolute Gasteiger partial charge is 0.394 e. The van der Waals surface area contributed by atoms with Crippen molar-refractivity contribution in [3.63, 3.8) is 0 Å². The molecule has 3 aliphatic rings. The van der Waals surface area contributed by atoms with Gasteiger partial charge in [-0.05, 0) is 109 Å². The fraction of sp³-hybridized carbons (Fsp3) is 0.720. The van der Waals surface area contributed by atoms with E-state index in [-0.39, 0.29) is 18.9 Å². The first-order valence-electron chi connectivity index (χ1n) is 38.9. The molecule has 12 N–H and O–H groups in total. The Labute approximate surface area is 607 Å². The second kappa shape index (κ2) is 61.1. The molecule has 0 aliphatic carbocycles. The normalized spacial score (nSPS) is 27.1. The van der Waals surface area contributed by atoms with Crippen molar-refractivity contribution in [1.29, 1.82) is 0 Å². The van der Waals surface area contributed by atoms with E-state index in [1.807, 2.05) is 6.08 Å². The van der Waals surface area contributed by atoms with E-state index in [1.165, 1.54) is 96.3 Å². The highest BCUT2D eigenvalue weighted by Crippen LogP contribution is 2.33. The summed E-state index contributed by atoms with van der Waals surface area (Å²) in [6.07, 6.45) is 59.9. The molecule has 0 spiro atoms. The second-order valence-electron chi connectivity index (χ2n) is 27.1. The molecule has 101 heavy (non-hydrogen) atoms. The molecule has 0 aromatic carbocycles. The Morgan fingerprint density at radius 2 is 0.693 bits per heavy atom. The number of aliphatic hydroxyl groups is 11. The molecule has 19 heteroatoms. The summed E-state index contributed by atoms with van der Waals surface area (Å²) in [4.78, 5) is 13.5. The van der Waals surface area contributed by atoms with Crippen molar-refractivity contribution in [3.05, 3.63) is 134 Å². The highest BCUT2D eigenvalue weighted by molar-refractivity contribution is 5.76. The van der Waals surface area contributed by atoms with Crippen LogP contribution in [0.15, 0.2) is 134 Å². The minimum atomic E-state index is -1.99. The maximum Gasteiger partial charge on any atom is 0.220 e. The molecular weight excluding hydrogens is 1290 g/mol. The van der Waals surface area contributed by atoms with Gasteiger partial charge in [0.2, 0.25) is 5.91 Å². The molecule has 1 amide bonds. The highest BCUT2D eigenvalue weighted by Gasteiger charge is 2.53. The van der Waals surface area contributed by atoms with Gasteiger partial charge in [-0.25, -0.2) is 0 Å². The number of hydrogen-bond acceptors (Lipinski definition) is 18. The van der Waals surface area contributed by atoms with Crippen LogP contribution >= 0.6 is 0 Å². The van der Waals surface area contributed by atoms with Crippen LogP contribution in [0.4, 0.5) is 0 Å². The van der Waals surface area contributed by atoms with Gasteiger partial charge in [-0.2, -0.15) is 0 Å². The number of nitrogens with one attached hydrogen (secondary N) is 1. The highest BCUT2D eigenvalue weighted by atomic mass is 16.8. The SMILES string of the molecule is CC/C=C\C/C=C\C/C=C\C/C=C\C/C=C\C/C=C\C/C=C\C/C=C\CCCCCCCCC(=O)NC(COC1OC(CO)C(OC2OC(CO)C(OC3OC(CO)C(O)C(O)C3O)C(O)C2O)C(O)C1O)C(O)/C=C/CC/C=C/CC/C=C/CCCCCCCCCCCCCCCCC. The van der Waals surface area contributed by atoms with E-state index >= 15 is 0 Å². The minimum absolute atomic E-state index is 0.206. The van der Waals surface area contributed by atoms with Crippen LogP contribution in [0, 0.1) is 0 Å². The molecule has 17 unspecified atom stereocenters. The molecule has 19 nitrogen and oxygen atoms in total. The number of ether oxygens (including phenoxy) is 6. The molecule has 17 atom stereocenters. The average molecular weight is 1420 g/mol. The molecule has 0 bridgehead atoms. The zero-order chi connectivity index (χ0) is 73.2. The van der Waals surface area contributed by atoms with E-state index in [0.29, 0.717) is 12.8 Å². The van der Waals surface area contributed by atoms with Crippen LogP contribution < -0.4 is 5.32 Å². The standard InChI is InChI=1S/C82H137NO18/c1-3-5-7-9-11-13-15-17-19-21-23-25-27-29-30-31-32-33-34-36-38-40-42-44-46-48-50-52-54-56-58-60-70(88)83-65(66(87)59-57-55-53-51-49-47-45-43-41-39-37-35-28-26-24-22-20-18-16-14-12-10-8-6-4-2)64-96-80-76(94)73(91)78(68(62-85)98-80)101-82-77(95)74(92)79(69(63-86)99-82)100-81-75(93)72(90)71(89)67(61-84)97-81/h5,7,11,13,17,19,23,25,29-30,32-33,36,38,41-44,49,51,57,59,65-69,71-82,84-87,89-95H,3-4,6,8-10,12,14-16,18,20-22,24,26-28,31,34-35,37,39-40,45-48,50,52-56,58,60-64H2,1-2H3,(H,83,88)/b7-5-,13-11-,19-17-,25-23-,30-29-,33-32-,38-36-,43-41+,44-42-,51-49+,59-57+. The molecule has 578 valence electrons. The smallest absolute Gasteiger partial charge is 0.220 e. The van der Waals surface area contributed by atoms with Crippen molar-refractivity contribution in [1.82, 2.24) is 5.32 Å². The van der Waals surface area contributed by atoms with Gasteiger partial charge >= 0.3 is 0 Å². The van der Waals surface area contributed by atoms with Gasteiger partial charge < -0.3 is 89.9 Å². The lowest BCUT2D eigenvalue weighted by Crippen LogP contribution is -2.66. The number of carbonyl (C=O) groups is 1. The predicted molar refractivity (Wildman–Crippen MR) is 401 cm³/mol. The van der Waals surface area contributed by atoms with E-state index in [2.05, 4.69) is 141 Å². The molecule has 0 aromatic rings. The van der Waals surface area contributed by atoms with E-state index in [1.54, 1.807) is 6.08 Å². The lowest BCUT2D eigenvalue weighted by molar-refractivity contribution is -0.379. The Balaban J connectivity index is 1.43. The van der Waals surface area contributed by atoms with Gasteiger partial charge in [0, 0.05) is 6.42 Å². The van der Waals surface area contributed by atoms with Crippen molar-refractivity contribution in [2.75, 3.05) is 26.4 Å². The quantitative estimate of drug-likeness (QED) is 0.0199. The number of aliphatic hydroxyl groups excluding tert-OH is 11. The third-order valence-corrected chi connectivity index (χ3v) is 18.4. The van der Waals surface area contributed by atoms with Crippen LogP contribution in [-0.4, -0.2) is 193 Å². The number of carbonyl (C=O) groups excluding carboxylic acids is 1. The number of allylic oxidation sites excluding steroid dienone is 21. The van der Waals surface area contributed by atoms with E-state index < -0.39 is 124 Å². The monoisotopic (exact) mass is 1420 g/mol. The molecule has 0 saturated carbocycles. The topological polar surface area (TPSA) is 307 Å².